The molecule has 0 aromatic heterocycles. The third-order valence-corrected chi connectivity index (χ3v) is 7.95. The number of nitrogens with one attached hydrogen (secondary N) is 1. The van der Waals surface area contributed by atoms with Crippen LogP contribution in [-0.4, -0.2) is 24.7 Å². The molecule has 0 saturated carbocycles. The van der Waals surface area contributed by atoms with Crippen molar-refractivity contribution >= 4 is 21.6 Å². The molecule has 0 aliphatic carbocycles. The molecule has 6 nitrogen and oxygen atoms in total. The monoisotopic (exact) mass is 528 g/mol. The van der Waals surface area contributed by atoms with Crippen LogP contribution in [0.25, 0.3) is 0 Å². The summed E-state index contributed by atoms with van der Waals surface area (Å²) in [6.07, 6.45) is 0. The number of anilines is 1. The highest BCUT2D eigenvalue weighted by Crippen LogP contribution is 2.26. The van der Waals surface area contributed by atoms with Gasteiger partial charge in [0, 0.05) is 12.2 Å². The standard InChI is InChI=1S/C31H32N2O4S/c1-24(2)30(31(34)32-27-18-20-28(21-19-27)37-23-26-14-8-4-9-15-26)33(22-25-12-6-3-7-13-25)38(35,36)29-16-10-5-11-17-29/h3-21,24,30H,22-23H2,1-2H3,(H,32,34). The molecule has 7 heteroatoms. The van der Waals surface area contributed by atoms with Crippen molar-refractivity contribution in [2.45, 2.75) is 37.9 Å². The quantitative estimate of drug-likeness (QED) is 0.254. The van der Waals surface area contributed by atoms with Crippen LogP contribution in [0, 0.1) is 5.92 Å². The van der Waals surface area contributed by atoms with E-state index < -0.39 is 22.0 Å². The smallest absolute Gasteiger partial charge is 0.244 e. The van der Waals surface area contributed by atoms with Crippen LogP contribution in [0.15, 0.2) is 120 Å². The normalized spacial score (nSPS) is 12.3. The van der Waals surface area contributed by atoms with E-state index in [9.17, 15) is 13.2 Å². The van der Waals surface area contributed by atoms with Crippen molar-refractivity contribution in [2.75, 3.05) is 5.32 Å². The summed E-state index contributed by atoms with van der Waals surface area (Å²) in [5, 5.41) is 2.91. The summed E-state index contributed by atoms with van der Waals surface area (Å²) < 4.78 is 34.7. The van der Waals surface area contributed by atoms with Gasteiger partial charge in [-0.15, -0.1) is 0 Å². The zero-order chi connectivity index (χ0) is 27.0. The Labute approximate surface area is 225 Å². The number of hydrogen-bond acceptors (Lipinski definition) is 4. The lowest BCUT2D eigenvalue weighted by Gasteiger charge is -2.32. The van der Waals surface area contributed by atoms with Gasteiger partial charge in [0.15, 0.2) is 0 Å². The predicted octanol–water partition coefficient (Wildman–Crippen LogP) is 6.12. The number of sulfonamides is 1. The fourth-order valence-electron chi connectivity index (χ4n) is 4.18. The van der Waals surface area contributed by atoms with Crippen LogP contribution in [0.3, 0.4) is 0 Å². The van der Waals surface area contributed by atoms with Crippen LogP contribution in [-0.2, 0) is 28.0 Å². The lowest BCUT2D eigenvalue weighted by molar-refractivity contribution is -0.121. The van der Waals surface area contributed by atoms with Crippen LogP contribution in [0.1, 0.15) is 25.0 Å². The van der Waals surface area contributed by atoms with E-state index >= 15 is 0 Å². The minimum absolute atomic E-state index is 0.0700. The number of carbonyl (C=O) groups is 1. The molecule has 1 unspecified atom stereocenters. The first kappa shape index (κ1) is 27.1. The van der Waals surface area contributed by atoms with Crippen LogP contribution in [0.2, 0.25) is 0 Å². The SMILES string of the molecule is CC(C)C(C(=O)Nc1ccc(OCc2ccccc2)cc1)N(Cc1ccccc1)S(=O)(=O)c1ccccc1. The number of carbonyl (C=O) groups excluding carboxylic acids is 1. The van der Waals surface area contributed by atoms with E-state index in [0.717, 1.165) is 11.1 Å². The summed E-state index contributed by atoms with van der Waals surface area (Å²) in [4.78, 5) is 13.8. The molecule has 1 amide bonds. The number of rotatable bonds is 11. The molecule has 1 atom stereocenters. The Bertz CT molecular complexity index is 1410. The van der Waals surface area contributed by atoms with Gasteiger partial charge in [0.05, 0.1) is 4.90 Å². The highest BCUT2D eigenvalue weighted by Gasteiger charge is 2.38. The van der Waals surface area contributed by atoms with Gasteiger partial charge < -0.3 is 10.1 Å². The van der Waals surface area contributed by atoms with Crippen molar-refractivity contribution in [1.29, 1.82) is 0 Å². The summed E-state index contributed by atoms with van der Waals surface area (Å²) in [7, 11) is -3.97. The molecule has 0 spiro atoms. The maximum atomic E-state index is 13.8. The minimum Gasteiger partial charge on any atom is -0.489 e. The number of benzene rings is 4. The van der Waals surface area contributed by atoms with Gasteiger partial charge in [-0.25, -0.2) is 8.42 Å². The van der Waals surface area contributed by atoms with E-state index in [2.05, 4.69) is 5.32 Å². The molecule has 0 aliphatic rings. The van der Waals surface area contributed by atoms with Crippen LogP contribution in [0.4, 0.5) is 5.69 Å². The van der Waals surface area contributed by atoms with Gasteiger partial charge in [0.1, 0.15) is 18.4 Å². The Balaban J connectivity index is 1.55. The molecule has 0 aliphatic heterocycles. The number of hydrogen-bond donors (Lipinski definition) is 1. The molecule has 0 saturated heterocycles. The molecule has 4 rings (SSSR count). The first-order chi connectivity index (χ1) is 18.3. The first-order valence-electron chi connectivity index (χ1n) is 12.5. The zero-order valence-electron chi connectivity index (χ0n) is 21.5. The highest BCUT2D eigenvalue weighted by atomic mass is 32.2. The molecule has 1 N–H and O–H groups in total. The van der Waals surface area contributed by atoms with Crippen molar-refractivity contribution in [3.63, 3.8) is 0 Å². The number of ether oxygens (including phenoxy) is 1. The molecule has 0 heterocycles. The maximum Gasteiger partial charge on any atom is 0.244 e. The van der Waals surface area contributed by atoms with Crippen LogP contribution >= 0.6 is 0 Å². The average Bonchev–Trinajstić information content (AvgIpc) is 2.94. The molecular formula is C31H32N2O4S. The lowest BCUT2D eigenvalue weighted by atomic mass is 10.0. The van der Waals surface area contributed by atoms with Gasteiger partial charge in [-0.3, -0.25) is 4.79 Å². The average molecular weight is 529 g/mol. The van der Waals surface area contributed by atoms with Crippen molar-refractivity contribution in [1.82, 2.24) is 4.31 Å². The van der Waals surface area contributed by atoms with Gasteiger partial charge in [-0.1, -0.05) is 92.7 Å². The first-order valence-corrected chi connectivity index (χ1v) is 14.0. The second kappa shape index (κ2) is 12.5. The van der Waals surface area contributed by atoms with Crippen molar-refractivity contribution in [3.8, 4) is 5.75 Å². The highest BCUT2D eigenvalue weighted by molar-refractivity contribution is 7.89. The summed E-state index contributed by atoms with van der Waals surface area (Å²) >= 11 is 0. The van der Waals surface area contributed by atoms with Crippen molar-refractivity contribution in [2.24, 2.45) is 5.92 Å². The molecule has 0 fully saturated rings. The molecule has 38 heavy (non-hydrogen) atoms. The Morgan fingerprint density at radius 3 is 1.84 bits per heavy atom. The maximum absolute atomic E-state index is 13.8. The van der Waals surface area contributed by atoms with E-state index in [1.54, 1.807) is 54.6 Å². The molecule has 196 valence electrons. The lowest BCUT2D eigenvalue weighted by Crippen LogP contribution is -2.49. The fourth-order valence-corrected chi connectivity index (χ4v) is 5.91. The third-order valence-electron chi connectivity index (χ3n) is 6.11. The summed E-state index contributed by atoms with van der Waals surface area (Å²) in [6.45, 7) is 4.21. The Kier molecular flexibility index (Phi) is 8.94. The van der Waals surface area contributed by atoms with Crippen molar-refractivity contribution < 1.29 is 17.9 Å². The largest absolute Gasteiger partial charge is 0.489 e. The van der Waals surface area contributed by atoms with Gasteiger partial charge in [0.25, 0.3) is 0 Å². The summed E-state index contributed by atoms with van der Waals surface area (Å²) in [6, 6.07) is 33.5. The molecular weight excluding hydrogens is 496 g/mol. The van der Waals surface area contributed by atoms with Crippen LogP contribution < -0.4 is 10.1 Å². The number of amides is 1. The van der Waals surface area contributed by atoms with Gasteiger partial charge in [-0.2, -0.15) is 4.31 Å². The van der Waals surface area contributed by atoms with Crippen LogP contribution in [0.5, 0.6) is 5.75 Å². The second-order valence-electron chi connectivity index (χ2n) is 9.33. The molecule has 4 aromatic carbocycles. The van der Waals surface area contributed by atoms with Gasteiger partial charge >= 0.3 is 0 Å². The van der Waals surface area contributed by atoms with Gasteiger partial charge in [0.2, 0.25) is 15.9 Å². The Hall–Kier alpha value is -3.94. The predicted molar refractivity (Wildman–Crippen MR) is 150 cm³/mol. The van der Waals surface area contributed by atoms with E-state index in [-0.39, 0.29) is 17.4 Å². The molecule has 0 radical (unpaired) electrons. The fraction of sp³-hybridized carbons (Fsp3) is 0.194. The third kappa shape index (κ3) is 6.88. The minimum atomic E-state index is -3.97. The molecule has 0 bridgehead atoms. The Morgan fingerprint density at radius 2 is 1.29 bits per heavy atom. The number of nitrogens with zero attached hydrogens (tertiary/aromatic N) is 1. The Morgan fingerprint density at radius 1 is 0.763 bits per heavy atom. The van der Waals surface area contributed by atoms with Gasteiger partial charge in [-0.05, 0) is 53.4 Å². The van der Waals surface area contributed by atoms with E-state index in [1.807, 2.05) is 74.5 Å². The van der Waals surface area contributed by atoms with Crippen molar-refractivity contribution in [3.05, 3.63) is 126 Å². The zero-order valence-corrected chi connectivity index (χ0v) is 22.3. The topological polar surface area (TPSA) is 75.7 Å². The van der Waals surface area contributed by atoms with E-state index in [0.29, 0.717) is 18.0 Å². The molecule has 4 aromatic rings. The summed E-state index contributed by atoms with van der Waals surface area (Å²) in [5.41, 5.74) is 2.41. The van der Waals surface area contributed by atoms with E-state index in [1.165, 1.54) is 4.31 Å². The summed E-state index contributed by atoms with van der Waals surface area (Å²) in [5.74, 6) is -0.0105. The van der Waals surface area contributed by atoms with E-state index in [4.69, 9.17) is 4.74 Å². The second-order valence-corrected chi connectivity index (χ2v) is 11.2.